The topological polar surface area (TPSA) is 60.9 Å². The lowest BCUT2D eigenvalue weighted by atomic mass is 10.0. The molecule has 0 saturated carbocycles. The van der Waals surface area contributed by atoms with Crippen LogP contribution in [0.4, 0.5) is 10.5 Å². The van der Waals surface area contributed by atoms with Crippen LogP contribution in [-0.4, -0.2) is 52.3 Å². The number of fused-ring (bicyclic) bond motifs is 6. The summed E-state index contributed by atoms with van der Waals surface area (Å²) in [6, 6.07) is 29.6. The molecule has 2 bridgehead atoms. The summed E-state index contributed by atoms with van der Waals surface area (Å²) >= 11 is 0. The van der Waals surface area contributed by atoms with Crippen molar-refractivity contribution in [3.8, 4) is 11.1 Å². The van der Waals surface area contributed by atoms with E-state index in [0.717, 1.165) is 21.9 Å². The Morgan fingerprint density at radius 1 is 0.750 bits per heavy atom. The minimum absolute atomic E-state index is 0.0920. The lowest BCUT2D eigenvalue weighted by molar-refractivity contribution is -0.121. The number of hydrogen-bond acceptors (Lipinski definition) is 3. The molecular formula is C30H23N3O3. The van der Waals surface area contributed by atoms with Gasteiger partial charge in [-0.05, 0) is 41.1 Å². The van der Waals surface area contributed by atoms with E-state index in [1.807, 2.05) is 97.1 Å². The van der Waals surface area contributed by atoms with E-state index < -0.39 is 6.04 Å². The summed E-state index contributed by atoms with van der Waals surface area (Å²) in [6.45, 7) is 0.447. The summed E-state index contributed by atoms with van der Waals surface area (Å²) in [5.41, 5.74) is 3.34. The Kier molecular flexibility index (Phi) is 4.51. The van der Waals surface area contributed by atoms with Gasteiger partial charge in [-0.1, -0.05) is 78.9 Å². The van der Waals surface area contributed by atoms with Crippen LogP contribution in [0.1, 0.15) is 16.8 Å². The van der Waals surface area contributed by atoms with Gasteiger partial charge in [-0.3, -0.25) is 9.59 Å². The third-order valence-electron chi connectivity index (χ3n) is 7.77. The van der Waals surface area contributed by atoms with E-state index in [9.17, 15) is 14.4 Å². The highest BCUT2D eigenvalue weighted by Crippen LogP contribution is 2.44. The Hall–Kier alpha value is -4.45. The zero-order chi connectivity index (χ0) is 24.4. The lowest BCUT2D eigenvalue weighted by Gasteiger charge is -2.35. The predicted molar refractivity (Wildman–Crippen MR) is 138 cm³/mol. The normalized spacial score (nSPS) is 22.6. The van der Waals surface area contributed by atoms with E-state index in [1.165, 1.54) is 4.90 Å². The number of urea groups is 1. The average Bonchev–Trinajstić information content (AvgIpc) is 3.60. The molecule has 4 aromatic carbocycles. The summed E-state index contributed by atoms with van der Waals surface area (Å²) in [6.07, 6.45) is 0.638. The number of rotatable bonds is 3. The summed E-state index contributed by atoms with van der Waals surface area (Å²) in [7, 11) is 0. The molecular weight excluding hydrogens is 450 g/mol. The SMILES string of the molecule is O=C1[C@H]2C3C[C@H](CN3C(=O)c3ccc(-c4ccccc4)cc3)N2C(=O)N1c1cccc2ccccc12. The van der Waals surface area contributed by atoms with Crippen molar-refractivity contribution in [1.29, 1.82) is 0 Å². The number of carbonyl (C=O) groups is 3. The number of amides is 4. The molecule has 0 radical (unpaired) electrons. The molecule has 176 valence electrons. The monoisotopic (exact) mass is 473 g/mol. The number of nitrogens with zero attached hydrogens (tertiary/aromatic N) is 3. The van der Waals surface area contributed by atoms with Gasteiger partial charge in [0.1, 0.15) is 6.04 Å². The molecule has 0 N–H and O–H groups in total. The molecule has 36 heavy (non-hydrogen) atoms. The van der Waals surface area contributed by atoms with E-state index in [2.05, 4.69) is 0 Å². The highest BCUT2D eigenvalue weighted by Gasteiger charge is 2.63. The van der Waals surface area contributed by atoms with Gasteiger partial charge in [0.2, 0.25) is 0 Å². The molecule has 0 spiro atoms. The number of imide groups is 1. The minimum atomic E-state index is -0.636. The van der Waals surface area contributed by atoms with Crippen molar-refractivity contribution >= 4 is 34.3 Å². The van der Waals surface area contributed by atoms with Gasteiger partial charge in [-0.2, -0.15) is 0 Å². The number of piperazine rings is 1. The highest BCUT2D eigenvalue weighted by molar-refractivity contribution is 6.25. The van der Waals surface area contributed by atoms with Crippen LogP contribution in [0, 0.1) is 0 Å². The van der Waals surface area contributed by atoms with Gasteiger partial charge < -0.3 is 9.80 Å². The van der Waals surface area contributed by atoms with Crippen molar-refractivity contribution in [3.05, 3.63) is 103 Å². The largest absolute Gasteiger partial charge is 0.332 e. The first-order valence-corrected chi connectivity index (χ1v) is 12.2. The molecule has 6 heteroatoms. The molecule has 3 atom stereocenters. The summed E-state index contributed by atoms with van der Waals surface area (Å²) in [4.78, 5) is 45.4. The molecule has 1 unspecified atom stereocenters. The zero-order valence-electron chi connectivity index (χ0n) is 19.5. The lowest BCUT2D eigenvalue weighted by Crippen LogP contribution is -2.54. The second kappa shape index (κ2) is 7.78. The Bertz CT molecular complexity index is 1530. The molecule has 3 aliphatic heterocycles. The molecule has 0 aliphatic carbocycles. The highest BCUT2D eigenvalue weighted by atomic mass is 16.2. The van der Waals surface area contributed by atoms with E-state index in [4.69, 9.17) is 0 Å². The van der Waals surface area contributed by atoms with Crippen LogP contribution in [0.5, 0.6) is 0 Å². The van der Waals surface area contributed by atoms with Crippen molar-refractivity contribution < 1.29 is 14.4 Å². The van der Waals surface area contributed by atoms with Crippen molar-refractivity contribution in [1.82, 2.24) is 9.80 Å². The van der Waals surface area contributed by atoms with Gasteiger partial charge in [-0.25, -0.2) is 9.69 Å². The van der Waals surface area contributed by atoms with Crippen LogP contribution in [0.15, 0.2) is 97.1 Å². The average molecular weight is 474 g/mol. The standard InChI is InChI=1S/C30H23N3O3/c34-28(22-15-13-20(14-16-22)19-7-2-1-3-8-19)31-18-23-17-26(31)27-29(35)33(30(36)32(23)27)25-12-6-10-21-9-4-5-11-24(21)25/h1-16,23,26-27H,17-18H2/t23-,26?,27-/m1/s1. The first-order chi connectivity index (χ1) is 17.6. The fourth-order valence-electron chi connectivity index (χ4n) is 6.12. The van der Waals surface area contributed by atoms with Crippen LogP contribution in [0.2, 0.25) is 0 Å². The van der Waals surface area contributed by atoms with Crippen LogP contribution in [0.25, 0.3) is 21.9 Å². The Labute approximate surface area is 208 Å². The number of benzene rings is 4. The fourth-order valence-corrected chi connectivity index (χ4v) is 6.12. The quantitative estimate of drug-likeness (QED) is 0.396. The minimum Gasteiger partial charge on any atom is -0.331 e. The predicted octanol–water partition coefficient (Wildman–Crippen LogP) is 4.94. The second-order valence-corrected chi connectivity index (χ2v) is 9.66. The molecule has 6 nitrogen and oxygen atoms in total. The van der Waals surface area contributed by atoms with Gasteiger partial charge in [0.15, 0.2) is 0 Å². The van der Waals surface area contributed by atoms with Gasteiger partial charge in [0.05, 0.1) is 17.8 Å². The zero-order valence-corrected chi connectivity index (χ0v) is 19.5. The van der Waals surface area contributed by atoms with Crippen molar-refractivity contribution in [2.75, 3.05) is 11.4 Å². The maximum Gasteiger partial charge on any atom is 0.332 e. The first-order valence-electron chi connectivity index (χ1n) is 12.2. The van der Waals surface area contributed by atoms with Crippen LogP contribution in [-0.2, 0) is 4.79 Å². The van der Waals surface area contributed by atoms with Crippen LogP contribution < -0.4 is 4.90 Å². The molecule has 4 amide bonds. The third-order valence-corrected chi connectivity index (χ3v) is 7.77. The van der Waals surface area contributed by atoms with E-state index in [1.54, 1.807) is 9.80 Å². The summed E-state index contributed by atoms with van der Waals surface area (Å²) < 4.78 is 0. The maximum atomic E-state index is 13.7. The Morgan fingerprint density at radius 3 is 2.25 bits per heavy atom. The fraction of sp³-hybridized carbons (Fsp3) is 0.167. The molecule has 4 aromatic rings. The van der Waals surface area contributed by atoms with Gasteiger partial charge in [0.25, 0.3) is 11.8 Å². The van der Waals surface area contributed by atoms with Gasteiger partial charge in [-0.15, -0.1) is 0 Å². The van der Waals surface area contributed by atoms with Crippen molar-refractivity contribution in [3.63, 3.8) is 0 Å². The smallest absolute Gasteiger partial charge is 0.331 e. The van der Waals surface area contributed by atoms with Crippen LogP contribution in [0.3, 0.4) is 0 Å². The maximum absolute atomic E-state index is 13.7. The Balaban J connectivity index is 1.17. The molecule has 3 saturated heterocycles. The molecule has 0 aromatic heterocycles. The molecule has 7 rings (SSSR count). The number of anilines is 1. The third kappa shape index (κ3) is 2.94. The van der Waals surface area contributed by atoms with Gasteiger partial charge >= 0.3 is 6.03 Å². The first kappa shape index (κ1) is 20.9. The number of carbonyl (C=O) groups excluding carboxylic acids is 3. The molecule has 3 fully saturated rings. The van der Waals surface area contributed by atoms with Gasteiger partial charge in [0, 0.05) is 17.5 Å². The second-order valence-electron chi connectivity index (χ2n) is 9.66. The van der Waals surface area contributed by atoms with Crippen molar-refractivity contribution in [2.45, 2.75) is 24.5 Å². The Morgan fingerprint density at radius 2 is 1.44 bits per heavy atom. The van der Waals surface area contributed by atoms with Crippen molar-refractivity contribution in [2.24, 2.45) is 0 Å². The number of hydrogen-bond donors (Lipinski definition) is 0. The summed E-state index contributed by atoms with van der Waals surface area (Å²) in [5.74, 6) is -0.341. The number of likely N-dealkylation sites (tertiary alicyclic amines) is 1. The summed E-state index contributed by atoms with van der Waals surface area (Å²) in [5, 5.41) is 1.84. The van der Waals surface area contributed by atoms with Crippen LogP contribution >= 0.6 is 0 Å². The van der Waals surface area contributed by atoms with E-state index >= 15 is 0 Å². The molecule has 3 aliphatic rings. The molecule has 3 heterocycles. The van der Waals surface area contributed by atoms with E-state index in [0.29, 0.717) is 24.2 Å². The van der Waals surface area contributed by atoms with E-state index in [-0.39, 0.29) is 29.9 Å².